The van der Waals surface area contributed by atoms with Crippen LogP contribution in [0.3, 0.4) is 0 Å². The summed E-state index contributed by atoms with van der Waals surface area (Å²) in [5.74, 6) is 1.28. The molecule has 22 heavy (non-hydrogen) atoms. The minimum atomic E-state index is 0.133. The lowest BCUT2D eigenvalue weighted by molar-refractivity contribution is -0.134. The molecule has 3 nitrogen and oxygen atoms in total. The standard InChI is InChI=1S/C18H22ClNO2/c1-18(2)10-20(16-9-22-8-15(16)18)17(21)14-7-13(14)11-4-3-5-12(19)6-11/h3-6,13-16H,7-10H2,1-2H3/t13-,14+,15-,16+/m0/s1. The highest BCUT2D eigenvalue weighted by atomic mass is 35.5. The van der Waals surface area contributed by atoms with Crippen molar-refractivity contribution >= 4 is 17.5 Å². The Labute approximate surface area is 136 Å². The number of halogens is 1. The largest absolute Gasteiger partial charge is 0.379 e. The molecule has 2 heterocycles. The molecule has 0 spiro atoms. The number of hydrogen-bond donors (Lipinski definition) is 0. The van der Waals surface area contributed by atoms with Crippen LogP contribution >= 0.6 is 11.6 Å². The Morgan fingerprint density at radius 2 is 2.18 bits per heavy atom. The fourth-order valence-electron chi connectivity index (χ4n) is 4.30. The molecule has 0 N–H and O–H groups in total. The topological polar surface area (TPSA) is 29.5 Å². The molecule has 0 aromatic heterocycles. The number of likely N-dealkylation sites (tertiary alicyclic amines) is 1. The summed E-state index contributed by atoms with van der Waals surface area (Å²) in [6, 6.07) is 8.21. The van der Waals surface area contributed by atoms with E-state index < -0.39 is 0 Å². The number of ether oxygens (including phenoxy) is 1. The van der Waals surface area contributed by atoms with Gasteiger partial charge in [-0.25, -0.2) is 0 Å². The van der Waals surface area contributed by atoms with Gasteiger partial charge in [0.25, 0.3) is 0 Å². The summed E-state index contributed by atoms with van der Waals surface area (Å²) in [6.07, 6.45) is 0.953. The molecule has 1 aliphatic carbocycles. The Morgan fingerprint density at radius 1 is 1.36 bits per heavy atom. The molecule has 4 heteroatoms. The van der Waals surface area contributed by atoms with Gasteiger partial charge in [0.05, 0.1) is 19.3 Å². The van der Waals surface area contributed by atoms with Crippen LogP contribution in [0.1, 0.15) is 31.7 Å². The van der Waals surface area contributed by atoms with Gasteiger partial charge in [0.2, 0.25) is 5.91 Å². The van der Waals surface area contributed by atoms with E-state index in [-0.39, 0.29) is 17.4 Å². The minimum absolute atomic E-state index is 0.133. The van der Waals surface area contributed by atoms with Gasteiger partial charge in [0.15, 0.2) is 0 Å². The second kappa shape index (κ2) is 4.97. The first-order valence-electron chi connectivity index (χ1n) is 8.11. The summed E-state index contributed by atoms with van der Waals surface area (Å²) < 4.78 is 5.64. The molecule has 0 radical (unpaired) electrons. The molecule has 3 fully saturated rings. The first-order chi connectivity index (χ1) is 10.5. The summed E-state index contributed by atoms with van der Waals surface area (Å²) in [5, 5.41) is 0.752. The second-order valence-corrected chi connectivity index (χ2v) is 8.11. The molecule has 3 aliphatic rings. The van der Waals surface area contributed by atoms with E-state index in [0.717, 1.165) is 24.6 Å². The molecule has 0 unspecified atom stereocenters. The molecule has 1 aromatic carbocycles. The number of carbonyl (C=O) groups is 1. The highest BCUT2D eigenvalue weighted by molar-refractivity contribution is 6.30. The lowest BCUT2D eigenvalue weighted by atomic mass is 9.80. The normalized spacial score (nSPS) is 35.5. The van der Waals surface area contributed by atoms with Crippen molar-refractivity contribution in [3.05, 3.63) is 34.9 Å². The van der Waals surface area contributed by atoms with Gasteiger partial charge < -0.3 is 9.64 Å². The first kappa shape index (κ1) is 14.5. The average Bonchev–Trinajstić information content (AvgIpc) is 3.03. The predicted octanol–water partition coefficient (Wildman–Crippen LogP) is 3.33. The van der Waals surface area contributed by atoms with Crippen LogP contribution in [0.15, 0.2) is 24.3 Å². The van der Waals surface area contributed by atoms with E-state index in [2.05, 4.69) is 24.8 Å². The molecule has 4 atom stereocenters. The SMILES string of the molecule is CC1(C)CN(C(=O)[C@@H]2C[C@H]2c2cccc(Cl)c2)[C@@H]2COC[C@@H]21. The van der Waals surface area contributed by atoms with Crippen LogP contribution in [0.25, 0.3) is 0 Å². The van der Waals surface area contributed by atoms with Crippen LogP contribution in [0, 0.1) is 17.3 Å². The molecule has 1 saturated carbocycles. The van der Waals surface area contributed by atoms with E-state index in [4.69, 9.17) is 16.3 Å². The maximum atomic E-state index is 12.9. The van der Waals surface area contributed by atoms with E-state index >= 15 is 0 Å². The van der Waals surface area contributed by atoms with Gasteiger partial charge in [-0.05, 0) is 35.4 Å². The zero-order chi connectivity index (χ0) is 15.5. The van der Waals surface area contributed by atoms with Gasteiger partial charge in [-0.1, -0.05) is 37.6 Å². The average molecular weight is 320 g/mol. The Kier molecular flexibility index (Phi) is 3.28. The lowest BCUT2D eigenvalue weighted by Gasteiger charge is -2.24. The number of carbonyl (C=O) groups excluding carboxylic acids is 1. The third-order valence-corrected chi connectivity index (χ3v) is 5.94. The van der Waals surface area contributed by atoms with E-state index in [0.29, 0.717) is 24.3 Å². The number of rotatable bonds is 2. The highest BCUT2D eigenvalue weighted by Crippen LogP contribution is 2.51. The van der Waals surface area contributed by atoms with Gasteiger partial charge >= 0.3 is 0 Å². The molecular formula is C18H22ClNO2. The van der Waals surface area contributed by atoms with Crippen LogP contribution in [0.2, 0.25) is 5.02 Å². The van der Waals surface area contributed by atoms with Crippen molar-refractivity contribution in [2.45, 2.75) is 32.2 Å². The van der Waals surface area contributed by atoms with Crippen LogP contribution in [-0.4, -0.2) is 36.6 Å². The lowest BCUT2D eigenvalue weighted by Crippen LogP contribution is -2.39. The van der Waals surface area contributed by atoms with Gasteiger partial charge in [-0.3, -0.25) is 4.79 Å². The number of nitrogens with zero attached hydrogens (tertiary/aromatic N) is 1. The maximum absolute atomic E-state index is 12.9. The summed E-state index contributed by atoms with van der Waals surface area (Å²) in [4.78, 5) is 15.0. The van der Waals surface area contributed by atoms with Crippen molar-refractivity contribution in [1.29, 1.82) is 0 Å². The quantitative estimate of drug-likeness (QED) is 0.837. The van der Waals surface area contributed by atoms with Crippen molar-refractivity contribution < 1.29 is 9.53 Å². The molecular weight excluding hydrogens is 298 g/mol. The molecule has 1 aromatic rings. The van der Waals surface area contributed by atoms with Crippen molar-refractivity contribution in [3.8, 4) is 0 Å². The second-order valence-electron chi connectivity index (χ2n) is 7.67. The molecule has 2 aliphatic heterocycles. The summed E-state index contributed by atoms with van der Waals surface area (Å²) in [6.45, 7) is 6.88. The number of hydrogen-bond acceptors (Lipinski definition) is 2. The number of fused-ring (bicyclic) bond motifs is 1. The van der Waals surface area contributed by atoms with E-state index in [1.165, 1.54) is 5.56 Å². The fourth-order valence-corrected chi connectivity index (χ4v) is 4.50. The highest BCUT2D eigenvalue weighted by Gasteiger charge is 2.55. The van der Waals surface area contributed by atoms with Gasteiger partial charge in [-0.2, -0.15) is 0 Å². The first-order valence-corrected chi connectivity index (χ1v) is 8.49. The third kappa shape index (κ3) is 2.26. The van der Waals surface area contributed by atoms with Crippen molar-refractivity contribution in [2.75, 3.05) is 19.8 Å². The summed E-state index contributed by atoms with van der Waals surface area (Å²) >= 11 is 6.07. The zero-order valence-corrected chi connectivity index (χ0v) is 13.8. The van der Waals surface area contributed by atoms with Crippen LogP contribution in [-0.2, 0) is 9.53 Å². The smallest absolute Gasteiger partial charge is 0.226 e. The zero-order valence-electron chi connectivity index (χ0n) is 13.1. The molecule has 4 rings (SSSR count). The van der Waals surface area contributed by atoms with E-state index in [9.17, 15) is 4.79 Å². The summed E-state index contributed by atoms with van der Waals surface area (Å²) in [5.41, 5.74) is 1.36. The Balaban J connectivity index is 1.50. The Hall–Kier alpha value is -1.06. The fraction of sp³-hybridized carbons (Fsp3) is 0.611. The van der Waals surface area contributed by atoms with Gasteiger partial charge in [-0.15, -0.1) is 0 Å². The Morgan fingerprint density at radius 3 is 2.95 bits per heavy atom. The molecule has 1 amide bonds. The predicted molar refractivity (Wildman–Crippen MR) is 85.9 cm³/mol. The van der Waals surface area contributed by atoms with Crippen LogP contribution in [0.4, 0.5) is 0 Å². The van der Waals surface area contributed by atoms with Crippen molar-refractivity contribution in [1.82, 2.24) is 4.90 Å². The molecule has 0 bridgehead atoms. The number of benzene rings is 1. The summed E-state index contributed by atoms with van der Waals surface area (Å²) in [7, 11) is 0. The molecule has 2 saturated heterocycles. The van der Waals surface area contributed by atoms with Crippen molar-refractivity contribution in [2.24, 2.45) is 17.3 Å². The van der Waals surface area contributed by atoms with Crippen LogP contribution < -0.4 is 0 Å². The number of amides is 1. The maximum Gasteiger partial charge on any atom is 0.226 e. The van der Waals surface area contributed by atoms with Crippen LogP contribution in [0.5, 0.6) is 0 Å². The van der Waals surface area contributed by atoms with Gasteiger partial charge in [0.1, 0.15) is 0 Å². The minimum Gasteiger partial charge on any atom is -0.379 e. The van der Waals surface area contributed by atoms with E-state index in [1.807, 2.05) is 18.2 Å². The molecule has 118 valence electrons. The van der Waals surface area contributed by atoms with Crippen molar-refractivity contribution in [3.63, 3.8) is 0 Å². The van der Waals surface area contributed by atoms with Gasteiger partial charge in [0, 0.05) is 23.4 Å². The Bertz CT molecular complexity index is 615. The van der Waals surface area contributed by atoms with E-state index in [1.54, 1.807) is 0 Å². The third-order valence-electron chi connectivity index (χ3n) is 5.70. The monoisotopic (exact) mass is 319 g/mol.